The molecule has 0 bridgehead atoms. The van der Waals surface area contributed by atoms with E-state index < -0.39 is 6.09 Å². The highest BCUT2D eigenvalue weighted by atomic mass is 16.5. The molecule has 0 aromatic heterocycles. The first-order valence-electron chi connectivity index (χ1n) is 3.30. The van der Waals surface area contributed by atoms with Gasteiger partial charge in [0, 0.05) is 0 Å². The van der Waals surface area contributed by atoms with Gasteiger partial charge in [-0.1, -0.05) is 12.2 Å². The third-order valence-electron chi connectivity index (χ3n) is 0.995. The standard InChI is InChI=1S/C7H13NO2/c1-2-3-4-5-6-10-7(8)9/h2-3H,4-6H2,1H3,(H2,8,9). The van der Waals surface area contributed by atoms with E-state index >= 15 is 0 Å². The number of hydrogen-bond donors (Lipinski definition) is 1. The van der Waals surface area contributed by atoms with Crippen molar-refractivity contribution >= 4 is 6.09 Å². The number of nitrogens with two attached hydrogens (primary N) is 1. The molecule has 10 heavy (non-hydrogen) atoms. The molecule has 0 atom stereocenters. The summed E-state index contributed by atoms with van der Waals surface area (Å²) >= 11 is 0. The van der Waals surface area contributed by atoms with E-state index in [1.807, 2.05) is 19.1 Å². The van der Waals surface area contributed by atoms with Crippen LogP contribution < -0.4 is 5.73 Å². The van der Waals surface area contributed by atoms with Gasteiger partial charge in [-0.15, -0.1) is 0 Å². The summed E-state index contributed by atoms with van der Waals surface area (Å²) in [6, 6.07) is 0. The fourth-order valence-electron chi connectivity index (χ4n) is 0.541. The van der Waals surface area contributed by atoms with E-state index in [1.54, 1.807) is 0 Å². The van der Waals surface area contributed by atoms with Gasteiger partial charge in [0.1, 0.15) is 0 Å². The van der Waals surface area contributed by atoms with Crippen LogP contribution in [0.25, 0.3) is 0 Å². The van der Waals surface area contributed by atoms with Crippen molar-refractivity contribution < 1.29 is 9.53 Å². The largest absolute Gasteiger partial charge is 0.450 e. The van der Waals surface area contributed by atoms with Crippen molar-refractivity contribution in [1.82, 2.24) is 0 Å². The fraction of sp³-hybridized carbons (Fsp3) is 0.571. The number of amides is 1. The zero-order valence-corrected chi connectivity index (χ0v) is 6.17. The van der Waals surface area contributed by atoms with Crippen LogP contribution in [0.15, 0.2) is 12.2 Å². The molecule has 0 spiro atoms. The molecular formula is C7H13NO2. The average Bonchev–Trinajstić information content (AvgIpc) is 1.87. The molecule has 0 aromatic carbocycles. The number of hydrogen-bond acceptors (Lipinski definition) is 2. The zero-order chi connectivity index (χ0) is 7.82. The monoisotopic (exact) mass is 143 g/mol. The van der Waals surface area contributed by atoms with Gasteiger partial charge < -0.3 is 10.5 Å². The van der Waals surface area contributed by atoms with Gasteiger partial charge in [-0.05, 0) is 19.8 Å². The van der Waals surface area contributed by atoms with E-state index in [1.165, 1.54) is 0 Å². The Labute approximate surface area is 60.9 Å². The number of ether oxygens (including phenoxy) is 1. The molecule has 0 rings (SSSR count). The predicted octanol–water partition coefficient (Wildman–Crippen LogP) is 1.44. The fourth-order valence-corrected chi connectivity index (χ4v) is 0.541. The summed E-state index contributed by atoms with van der Waals surface area (Å²) in [5, 5.41) is 0. The van der Waals surface area contributed by atoms with Crippen LogP contribution in [0.2, 0.25) is 0 Å². The highest BCUT2D eigenvalue weighted by molar-refractivity contribution is 5.64. The van der Waals surface area contributed by atoms with Crippen LogP contribution in [0.5, 0.6) is 0 Å². The number of primary amides is 1. The highest BCUT2D eigenvalue weighted by Gasteiger charge is 1.89. The van der Waals surface area contributed by atoms with Crippen molar-refractivity contribution in [3.8, 4) is 0 Å². The molecule has 3 heteroatoms. The van der Waals surface area contributed by atoms with Crippen LogP contribution in [0.4, 0.5) is 4.79 Å². The lowest BCUT2D eigenvalue weighted by Crippen LogP contribution is -2.13. The molecule has 1 amide bonds. The van der Waals surface area contributed by atoms with E-state index in [-0.39, 0.29) is 0 Å². The first-order valence-corrected chi connectivity index (χ1v) is 3.30. The molecule has 58 valence electrons. The molecular weight excluding hydrogens is 130 g/mol. The maximum absolute atomic E-state index is 10.0. The molecule has 0 unspecified atom stereocenters. The number of unbranched alkanes of at least 4 members (excludes halogenated alkanes) is 1. The first kappa shape index (κ1) is 9.01. The molecule has 0 aliphatic rings. The Bertz CT molecular complexity index is 121. The van der Waals surface area contributed by atoms with Crippen LogP contribution >= 0.6 is 0 Å². The lowest BCUT2D eigenvalue weighted by Gasteiger charge is -1.96. The van der Waals surface area contributed by atoms with Gasteiger partial charge in [-0.3, -0.25) is 0 Å². The third kappa shape index (κ3) is 7.01. The Hall–Kier alpha value is -0.990. The van der Waals surface area contributed by atoms with Gasteiger partial charge in [0.15, 0.2) is 0 Å². The summed E-state index contributed by atoms with van der Waals surface area (Å²) in [5.41, 5.74) is 4.73. The van der Waals surface area contributed by atoms with Gasteiger partial charge in [-0.2, -0.15) is 0 Å². The minimum atomic E-state index is -0.694. The summed E-state index contributed by atoms with van der Waals surface area (Å²) in [4.78, 5) is 10.0. The van der Waals surface area contributed by atoms with E-state index in [0.29, 0.717) is 6.61 Å². The van der Waals surface area contributed by atoms with Crippen molar-refractivity contribution in [2.24, 2.45) is 5.73 Å². The average molecular weight is 143 g/mol. The Morgan fingerprint density at radius 2 is 2.40 bits per heavy atom. The Morgan fingerprint density at radius 3 is 2.90 bits per heavy atom. The van der Waals surface area contributed by atoms with Crippen LogP contribution in [0, 0.1) is 0 Å². The second kappa shape index (κ2) is 6.13. The van der Waals surface area contributed by atoms with E-state index in [4.69, 9.17) is 5.73 Å². The van der Waals surface area contributed by atoms with Crippen molar-refractivity contribution in [2.75, 3.05) is 6.61 Å². The number of allylic oxidation sites excluding steroid dienone is 2. The van der Waals surface area contributed by atoms with Gasteiger partial charge >= 0.3 is 6.09 Å². The maximum atomic E-state index is 10.0. The third-order valence-corrected chi connectivity index (χ3v) is 0.995. The Kier molecular flexibility index (Phi) is 5.53. The quantitative estimate of drug-likeness (QED) is 0.478. The van der Waals surface area contributed by atoms with Crippen molar-refractivity contribution in [1.29, 1.82) is 0 Å². The van der Waals surface area contributed by atoms with Gasteiger partial charge in [0.2, 0.25) is 0 Å². The molecule has 0 fully saturated rings. The molecule has 0 saturated heterocycles. The highest BCUT2D eigenvalue weighted by Crippen LogP contribution is 1.90. The second-order valence-corrected chi connectivity index (χ2v) is 1.88. The molecule has 0 aliphatic carbocycles. The molecule has 2 N–H and O–H groups in total. The van der Waals surface area contributed by atoms with Gasteiger partial charge in [-0.25, -0.2) is 4.79 Å². The summed E-state index contributed by atoms with van der Waals surface area (Å²) in [6.07, 6.45) is 5.06. The van der Waals surface area contributed by atoms with Crippen molar-refractivity contribution in [3.05, 3.63) is 12.2 Å². The summed E-state index contributed by atoms with van der Waals surface area (Å²) in [5.74, 6) is 0. The van der Waals surface area contributed by atoms with E-state index in [2.05, 4.69) is 4.74 Å². The second-order valence-electron chi connectivity index (χ2n) is 1.88. The molecule has 3 nitrogen and oxygen atoms in total. The zero-order valence-electron chi connectivity index (χ0n) is 6.17. The summed E-state index contributed by atoms with van der Waals surface area (Å²) < 4.78 is 4.49. The molecule has 0 aromatic rings. The van der Waals surface area contributed by atoms with Crippen LogP contribution in [0.3, 0.4) is 0 Å². The smallest absolute Gasteiger partial charge is 0.404 e. The SMILES string of the molecule is CC=CCCCOC(N)=O. The Morgan fingerprint density at radius 1 is 1.70 bits per heavy atom. The van der Waals surface area contributed by atoms with Crippen LogP contribution in [0.1, 0.15) is 19.8 Å². The molecule has 0 aliphatic heterocycles. The molecule has 0 heterocycles. The number of carbonyl (C=O) groups is 1. The lowest BCUT2D eigenvalue weighted by atomic mass is 10.3. The summed E-state index contributed by atoms with van der Waals surface area (Å²) in [7, 11) is 0. The predicted molar refractivity (Wildman–Crippen MR) is 39.6 cm³/mol. The van der Waals surface area contributed by atoms with Crippen molar-refractivity contribution in [2.45, 2.75) is 19.8 Å². The van der Waals surface area contributed by atoms with E-state index in [9.17, 15) is 4.79 Å². The minimum Gasteiger partial charge on any atom is -0.450 e. The molecule has 0 radical (unpaired) electrons. The Balaban J connectivity index is 2.98. The number of rotatable bonds is 4. The van der Waals surface area contributed by atoms with Gasteiger partial charge in [0.25, 0.3) is 0 Å². The summed E-state index contributed by atoms with van der Waals surface area (Å²) in [6.45, 7) is 2.37. The van der Waals surface area contributed by atoms with Crippen LogP contribution in [-0.4, -0.2) is 12.7 Å². The number of carbonyl (C=O) groups excluding carboxylic acids is 1. The minimum absolute atomic E-state index is 0.416. The maximum Gasteiger partial charge on any atom is 0.404 e. The lowest BCUT2D eigenvalue weighted by molar-refractivity contribution is 0.155. The normalized spacial score (nSPS) is 10.1. The molecule has 0 saturated carbocycles. The van der Waals surface area contributed by atoms with Crippen LogP contribution in [-0.2, 0) is 4.74 Å². The first-order chi connectivity index (χ1) is 4.77. The topological polar surface area (TPSA) is 52.3 Å². The van der Waals surface area contributed by atoms with Crippen molar-refractivity contribution in [3.63, 3.8) is 0 Å². The van der Waals surface area contributed by atoms with E-state index in [0.717, 1.165) is 12.8 Å². The van der Waals surface area contributed by atoms with Gasteiger partial charge in [0.05, 0.1) is 6.61 Å².